The maximum Gasteiger partial charge on any atom is 0.253 e. The second kappa shape index (κ2) is 8.53. The standard InChI is InChI=1S/C21H22ClFN2O2/c1-14(17-3-2-4-18(22)13-17)24-20(26)15-9-11-25(12-10-15)21(27)16-5-7-19(23)8-6-16/h2-8,13-15H,9-12H2,1H3,(H,24,26). The Morgan fingerprint density at radius 3 is 2.44 bits per heavy atom. The fourth-order valence-corrected chi connectivity index (χ4v) is 3.51. The molecule has 0 radical (unpaired) electrons. The van der Waals surface area contributed by atoms with Gasteiger partial charge in [-0.1, -0.05) is 23.7 Å². The van der Waals surface area contributed by atoms with E-state index < -0.39 is 0 Å². The molecule has 1 aliphatic heterocycles. The van der Waals surface area contributed by atoms with E-state index in [2.05, 4.69) is 5.32 Å². The number of nitrogens with zero attached hydrogens (tertiary/aromatic N) is 1. The molecule has 142 valence electrons. The van der Waals surface area contributed by atoms with E-state index in [0.29, 0.717) is 36.5 Å². The van der Waals surface area contributed by atoms with Gasteiger partial charge in [0, 0.05) is 29.6 Å². The summed E-state index contributed by atoms with van der Waals surface area (Å²) >= 11 is 6.01. The minimum atomic E-state index is -0.365. The van der Waals surface area contributed by atoms with Crippen LogP contribution in [0.25, 0.3) is 0 Å². The number of piperidine rings is 1. The highest BCUT2D eigenvalue weighted by Crippen LogP contribution is 2.22. The number of carbonyl (C=O) groups excluding carboxylic acids is 2. The smallest absolute Gasteiger partial charge is 0.253 e. The van der Waals surface area contributed by atoms with Crippen molar-refractivity contribution in [3.63, 3.8) is 0 Å². The molecule has 1 aliphatic rings. The van der Waals surface area contributed by atoms with Gasteiger partial charge < -0.3 is 10.2 Å². The maximum absolute atomic E-state index is 13.0. The van der Waals surface area contributed by atoms with Crippen LogP contribution < -0.4 is 5.32 Å². The molecular weight excluding hydrogens is 367 g/mol. The molecular formula is C21H22ClFN2O2. The zero-order valence-corrected chi connectivity index (χ0v) is 15.9. The SMILES string of the molecule is CC(NC(=O)C1CCN(C(=O)c2ccc(F)cc2)CC1)c1cccc(Cl)c1. The van der Waals surface area contributed by atoms with E-state index in [0.717, 1.165) is 5.56 Å². The second-order valence-corrected chi connectivity index (χ2v) is 7.30. The van der Waals surface area contributed by atoms with Crippen molar-refractivity contribution in [3.05, 3.63) is 70.5 Å². The lowest BCUT2D eigenvalue weighted by molar-refractivity contribution is -0.126. The van der Waals surface area contributed by atoms with E-state index in [1.165, 1.54) is 24.3 Å². The third kappa shape index (κ3) is 4.86. The van der Waals surface area contributed by atoms with Gasteiger partial charge in [0.1, 0.15) is 5.82 Å². The van der Waals surface area contributed by atoms with Crippen LogP contribution in [0.4, 0.5) is 4.39 Å². The topological polar surface area (TPSA) is 49.4 Å². The van der Waals surface area contributed by atoms with Crippen LogP contribution in [0.5, 0.6) is 0 Å². The number of halogens is 2. The predicted octanol–water partition coefficient (Wildman–Crippen LogP) is 4.21. The van der Waals surface area contributed by atoms with Crippen molar-refractivity contribution in [3.8, 4) is 0 Å². The lowest BCUT2D eigenvalue weighted by atomic mass is 9.94. The molecule has 1 atom stereocenters. The number of likely N-dealkylation sites (tertiary alicyclic amines) is 1. The molecule has 1 N–H and O–H groups in total. The third-order valence-electron chi connectivity index (χ3n) is 4.95. The van der Waals surface area contributed by atoms with Crippen molar-refractivity contribution in [2.75, 3.05) is 13.1 Å². The Hall–Kier alpha value is -2.40. The predicted molar refractivity (Wildman–Crippen MR) is 103 cm³/mol. The van der Waals surface area contributed by atoms with Crippen LogP contribution in [0.2, 0.25) is 5.02 Å². The Bertz CT molecular complexity index is 817. The minimum Gasteiger partial charge on any atom is -0.349 e. The van der Waals surface area contributed by atoms with Gasteiger partial charge in [0.2, 0.25) is 5.91 Å². The fraction of sp³-hybridized carbons (Fsp3) is 0.333. The maximum atomic E-state index is 13.0. The molecule has 2 aromatic rings. The lowest BCUT2D eigenvalue weighted by Crippen LogP contribution is -2.43. The molecule has 3 rings (SSSR count). The number of benzene rings is 2. The molecule has 1 unspecified atom stereocenters. The molecule has 2 aromatic carbocycles. The van der Waals surface area contributed by atoms with E-state index in [1.54, 1.807) is 11.0 Å². The Kier molecular flexibility index (Phi) is 6.11. The zero-order valence-electron chi connectivity index (χ0n) is 15.1. The first kappa shape index (κ1) is 19.4. The molecule has 0 bridgehead atoms. The summed E-state index contributed by atoms with van der Waals surface area (Å²) in [7, 11) is 0. The first-order chi connectivity index (χ1) is 12.9. The zero-order chi connectivity index (χ0) is 19.4. The van der Waals surface area contributed by atoms with E-state index in [4.69, 9.17) is 11.6 Å². The highest BCUT2D eigenvalue weighted by atomic mass is 35.5. The van der Waals surface area contributed by atoms with Gasteiger partial charge in [-0.05, 0) is 61.7 Å². The number of carbonyl (C=O) groups is 2. The quantitative estimate of drug-likeness (QED) is 0.853. The molecule has 2 amide bonds. The summed E-state index contributed by atoms with van der Waals surface area (Å²) < 4.78 is 13.0. The third-order valence-corrected chi connectivity index (χ3v) is 5.19. The Morgan fingerprint density at radius 2 is 1.81 bits per heavy atom. The van der Waals surface area contributed by atoms with Crippen molar-refractivity contribution in [2.45, 2.75) is 25.8 Å². The van der Waals surface area contributed by atoms with Crippen LogP contribution in [0.15, 0.2) is 48.5 Å². The van der Waals surface area contributed by atoms with E-state index in [-0.39, 0.29) is 29.6 Å². The van der Waals surface area contributed by atoms with Gasteiger partial charge in [-0.15, -0.1) is 0 Å². The largest absolute Gasteiger partial charge is 0.349 e. The molecule has 4 nitrogen and oxygen atoms in total. The van der Waals surface area contributed by atoms with E-state index in [9.17, 15) is 14.0 Å². The van der Waals surface area contributed by atoms with E-state index in [1.807, 2.05) is 25.1 Å². The average Bonchev–Trinajstić information content (AvgIpc) is 2.68. The first-order valence-corrected chi connectivity index (χ1v) is 9.42. The van der Waals surface area contributed by atoms with Gasteiger partial charge in [0.05, 0.1) is 6.04 Å². The average molecular weight is 389 g/mol. The van der Waals surface area contributed by atoms with Crippen molar-refractivity contribution in [1.82, 2.24) is 10.2 Å². The van der Waals surface area contributed by atoms with Crippen molar-refractivity contribution in [1.29, 1.82) is 0 Å². The van der Waals surface area contributed by atoms with Crippen LogP contribution in [-0.2, 0) is 4.79 Å². The number of hydrogen-bond acceptors (Lipinski definition) is 2. The highest BCUT2D eigenvalue weighted by molar-refractivity contribution is 6.30. The van der Waals surface area contributed by atoms with Crippen molar-refractivity contribution >= 4 is 23.4 Å². The van der Waals surface area contributed by atoms with Gasteiger partial charge in [0.15, 0.2) is 0 Å². The Morgan fingerprint density at radius 1 is 1.15 bits per heavy atom. The highest BCUT2D eigenvalue weighted by Gasteiger charge is 2.28. The van der Waals surface area contributed by atoms with E-state index >= 15 is 0 Å². The molecule has 0 spiro atoms. The van der Waals surface area contributed by atoms with Gasteiger partial charge >= 0.3 is 0 Å². The van der Waals surface area contributed by atoms with Gasteiger partial charge in [-0.3, -0.25) is 9.59 Å². The Labute approximate surface area is 163 Å². The number of nitrogens with one attached hydrogen (secondary N) is 1. The monoisotopic (exact) mass is 388 g/mol. The lowest BCUT2D eigenvalue weighted by Gasteiger charge is -2.32. The minimum absolute atomic E-state index is 0.00337. The molecule has 0 aromatic heterocycles. The summed E-state index contributed by atoms with van der Waals surface area (Å²) in [5, 5.41) is 3.67. The molecule has 1 saturated heterocycles. The summed E-state index contributed by atoms with van der Waals surface area (Å²) in [6.07, 6.45) is 1.22. The molecule has 1 fully saturated rings. The normalized spacial score (nSPS) is 16.0. The molecule has 1 heterocycles. The summed E-state index contributed by atoms with van der Waals surface area (Å²) in [5.41, 5.74) is 1.42. The first-order valence-electron chi connectivity index (χ1n) is 9.04. The number of hydrogen-bond donors (Lipinski definition) is 1. The van der Waals surface area contributed by atoms with Crippen LogP contribution in [0, 0.1) is 11.7 Å². The Balaban J connectivity index is 1.53. The number of amides is 2. The molecule has 0 saturated carbocycles. The summed E-state index contributed by atoms with van der Waals surface area (Å²) in [4.78, 5) is 26.8. The van der Waals surface area contributed by atoms with Gasteiger partial charge in [0.25, 0.3) is 5.91 Å². The molecule has 0 aliphatic carbocycles. The summed E-state index contributed by atoms with van der Waals surface area (Å²) in [6, 6.07) is 12.8. The molecule has 6 heteroatoms. The number of rotatable bonds is 4. The van der Waals surface area contributed by atoms with Crippen LogP contribution in [0.3, 0.4) is 0 Å². The van der Waals surface area contributed by atoms with Crippen molar-refractivity contribution in [2.24, 2.45) is 5.92 Å². The fourth-order valence-electron chi connectivity index (χ4n) is 3.31. The summed E-state index contributed by atoms with van der Waals surface area (Å²) in [6.45, 7) is 2.95. The molecule has 27 heavy (non-hydrogen) atoms. The van der Waals surface area contributed by atoms with Crippen LogP contribution >= 0.6 is 11.6 Å². The van der Waals surface area contributed by atoms with Crippen LogP contribution in [-0.4, -0.2) is 29.8 Å². The van der Waals surface area contributed by atoms with Crippen LogP contribution in [0.1, 0.15) is 41.7 Å². The summed E-state index contributed by atoms with van der Waals surface area (Å²) in [5.74, 6) is -0.614. The second-order valence-electron chi connectivity index (χ2n) is 6.86. The van der Waals surface area contributed by atoms with Gasteiger partial charge in [-0.25, -0.2) is 4.39 Å². The van der Waals surface area contributed by atoms with Gasteiger partial charge in [-0.2, -0.15) is 0 Å². The van der Waals surface area contributed by atoms with Crippen molar-refractivity contribution < 1.29 is 14.0 Å².